The molecule has 0 fully saturated rings. The molecule has 2 nitrogen and oxygen atoms in total. The van der Waals surface area contributed by atoms with E-state index in [0.717, 1.165) is 24.3 Å². The number of rotatable bonds is 5. The van der Waals surface area contributed by atoms with E-state index >= 15 is 0 Å². The number of allylic oxidation sites excluding steroid dienone is 2. The molecule has 0 amide bonds. The van der Waals surface area contributed by atoms with Gasteiger partial charge in [-0.15, -0.1) is 0 Å². The van der Waals surface area contributed by atoms with E-state index in [1.807, 2.05) is 30.3 Å². The lowest BCUT2D eigenvalue weighted by Crippen LogP contribution is -1.98. The fraction of sp³-hybridized carbons (Fsp3) is 0.263. The molecule has 0 unspecified atom stereocenters. The Hall–Kier alpha value is -2.22. The highest BCUT2D eigenvalue weighted by atomic mass is 16.5. The molecule has 1 aliphatic carbocycles. The minimum atomic E-state index is 0.591. The van der Waals surface area contributed by atoms with E-state index in [-0.39, 0.29) is 0 Å². The Kier molecular flexibility index (Phi) is 4.25. The highest BCUT2D eigenvalue weighted by Gasteiger charge is 2.14. The Bertz CT molecular complexity index is 629. The van der Waals surface area contributed by atoms with Crippen LogP contribution >= 0.6 is 0 Å². The normalized spacial score (nSPS) is 13.9. The van der Waals surface area contributed by atoms with Gasteiger partial charge in [0.2, 0.25) is 0 Å². The van der Waals surface area contributed by atoms with E-state index in [2.05, 4.69) is 24.3 Å². The molecule has 0 aliphatic heterocycles. The van der Waals surface area contributed by atoms with Gasteiger partial charge in [0, 0.05) is 5.56 Å². The average molecular weight is 280 g/mol. The van der Waals surface area contributed by atoms with Crippen LogP contribution in [0.2, 0.25) is 0 Å². The Morgan fingerprint density at radius 1 is 1.05 bits per heavy atom. The molecule has 0 spiro atoms. The molecule has 1 aliphatic rings. The minimum Gasteiger partial charge on any atom is -0.497 e. The van der Waals surface area contributed by atoms with Gasteiger partial charge in [0.1, 0.15) is 18.1 Å². The second-order valence-corrected chi connectivity index (χ2v) is 5.26. The van der Waals surface area contributed by atoms with Gasteiger partial charge in [0.05, 0.1) is 7.11 Å². The molecule has 0 heterocycles. The molecule has 0 saturated carbocycles. The van der Waals surface area contributed by atoms with Gasteiger partial charge in [-0.2, -0.15) is 0 Å². The van der Waals surface area contributed by atoms with Crippen molar-refractivity contribution in [3.8, 4) is 11.5 Å². The number of benzene rings is 2. The van der Waals surface area contributed by atoms with Crippen molar-refractivity contribution < 1.29 is 9.47 Å². The summed E-state index contributed by atoms with van der Waals surface area (Å²) in [7, 11) is 1.70. The van der Waals surface area contributed by atoms with E-state index in [9.17, 15) is 0 Å². The molecular weight excluding hydrogens is 260 g/mol. The predicted molar refractivity (Wildman–Crippen MR) is 85.6 cm³/mol. The molecule has 2 aromatic carbocycles. The van der Waals surface area contributed by atoms with Crippen molar-refractivity contribution in [3.05, 3.63) is 65.7 Å². The standard InChI is InChI=1S/C19H20O2/c1-20-17-11-12-19(18(13-17)16-9-5-6-10-16)21-14-15-7-3-2-4-8-15/h2-4,7-9,11-13H,5-6,10,14H2,1H3. The molecule has 0 aromatic heterocycles. The third-order valence-corrected chi connectivity index (χ3v) is 3.81. The number of hydrogen-bond donors (Lipinski definition) is 0. The number of hydrogen-bond acceptors (Lipinski definition) is 2. The molecule has 0 bridgehead atoms. The average Bonchev–Trinajstić information content (AvgIpc) is 3.08. The maximum absolute atomic E-state index is 6.04. The van der Waals surface area contributed by atoms with E-state index < -0.39 is 0 Å². The minimum absolute atomic E-state index is 0.591. The van der Waals surface area contributed by atoms with Gasteiger partial charge in [0.15, 0.2) is 0 Å². The van der Waals surface area contributed by atoms with Crippen LogP contribution in [-0.4, -0.2) is 7.11 Å². The second-order valence-electron chi connectivity index (χ2n) is 5.26. The first kappa shape index (κ1) is 13.7. The van der Waals surface area contributed by atoms with Gasteiger partial charge >= 0.3 is 0 Å². The van der Waals surface area contributed by atoms with Crippen LogP contribution in [0.5, 0.6) is 11.5 Å². The topological polar surface area (TPSA) is 18.5 Å². The number of ether oxygens (including phenoxy) is 2. The molecule has 108 valence electrons. The molecule has 0 N–H and O–H groups in total. The lowest BCUT2D eigenvalue weighted by atomic mass is 10.0. The fourth-order valence-electron chi connectivity index (χ4n) is 2.66. The van der Waals surface area contributed by atoms with E-state index in [4.69, 9.17) is 9.47 Å². The van der Waals surface area contributed by atoms with Crippen molar-refractivity contribution in [3.63, 3.8) is 0 Å². The Labute approximate surface area is 126 Å². The highest BCUT2D eigenvalue weighted by molar-refractivity contribution is 5.73. The third kappa shape index (κ3) is 3.27. The van der Waals surface area contributed by atoms with Crippen molar-refractivity contribution in [1.29, 1.82) is 0 Å². The molecular formula is C19H20O2. The Balaban J connectivity index is 1.83. The van der Waals surface area contributed by atoms with Gasteiger partial charge in [0.25, 0.3) is 0 Å². The summed E-state index contributed by atoms with van der Waals surface area (Å²) in [6.07, 6.45) is 5.81. The molecule has 0 atom stereocenters. The van der Waals surface area contributed by atoms with Crippen LogP contribution in [0.15, 0.2) is 54.6 Å². The zero-order valence-corrected chi connectivity index (χ0v) is 12.3. The van der Waals surface area contributed by atoms with Crippen LogP contribution in [0.25, 0.3) is 5.57 Å². The summed E-state index contributed by atoms with van der Waals surface area (Å²) in [6.45, 7) is 0.591. The van der Waals surface area contributed by atoms with Crippen LogP contribution in [0.3, 0.4) is 0 Å². The van der Waals surface area contributed by atoms with Gasteiger partial charge < -0.3 is 9.47 Å². The maximum atomic E-state index is 6.04. The predicted octanol–water partition coefficient (Wildman–Crippen LogP) is 4.84. The van der Waals surface area contributed by atoms with Crippen molar-refractivity contribution in [2.75, 3.05) is 7.11 Å². The van der Waals surface area contributed by atoms with E-state index in [1.54, 1.807) is 7.11 Å². The summed E-state index contributed by atoms with van der Waals surface area (Å²) in [5, 5.41) is 0. The van der Waals surface area contributed by atoms with Crippen LogP contribution in [-0.2, 0) is 6.61 Å². The largest absolute Gasteiger partial charge is 0.497 e. The molecule has 2 heteroatoms. The summed E-state index contributed by atoms with van der Waals surface area (Å²) < 4.78 is 11.4. The lowest BCUT2D eigenvalue weighted by molar-refractivity contribution is 0.304. The second kappa shape index (κ2) is 6.49. The van der Waals surface area contributed by atoms with Gasteiger partial charge in [-0.05, 0) is 48.6 Å². The van der Waals surface area contributed by atoms with Crippen molar-refractivity contribution >= 4 is 5.57 Å². The third-order valence-electron chi connectivity index (χ3n) is 3.81. The Morgan fingerprint density at radius 2 is 1.90 bits per heavy atom. The highest BCUT2D eigenvalue weighted by Crippen LogP contribution is 2.36. The smallest absolute Gasteiger partial charge is 0.127 e. The molecule has 21 heavy (non-hydrogen) atoms. The summed E-state index contributed by atoms with van der Waals surface area (Å²) in [5.41, 5.74) is 3.72. The summed E-state index contributed by atoms with van der Waals surface area (Å²) >= 11 is 0. The zero-order chi connectivity index (χ0) is 14.5. The van der Waals surface area contributed by atoms with Crippen LogP contribution in [0.4, 0.5) is 0 Å². The lowest BCUT2D eigenvalue weighted by Gasteiger charge is -2.14. The summed E-state index contributed by atoms with van der Waals surface area (Å²) in [5.74, 6) is 1.82. The summed E-state index contributed by atoms with van der Waals surface area (Å²) in [6, 6.07) is 16.3. The quantitative estimate of drug-likeness (QED) is 0.780. The molecule has 0 saturated heterocycles. The first-order valence-electron chi connectivity index (χ1n) is 7.41. The zero-order valence-electron chi connectivity index (χ0n) is 12.3. The van der Waals surface area contributed by atoms with Crippen molar-refractivity contribution in [2.45, 2.75) is 25.9 Å². The van der Waals surface area contributed by atoms with E-state index in [0.29, 0.717) is 6.61 Å². The van der Waals surface area contributed by atoms with Crippen molar-refractivity contribution in [1.82, 2.24) is 0 Å². The summed E-state index contributed by atoms with van der Waals surface area (Å²) in [4.78, 5) is 0. The first-order chi connectivity index (χ1) is 10.4. The fourth-order valence-corrected chi connectivity index (χ4v) is 2.66. The SMILES string of the molecule is COc1ccc(OCc2ccccc2)c(C2=CCCC2)c1. The monoisotopic (exact) mass is 280 g/mol. The van der Waals surface area contributed by atoms with Crippen LogP contribution in [0.1, 0.15) is 30.4 Å². The van der Waals surface area contributed by atoms with Gasteiger partial charge in [-0.25, -0.2) is 0 Å². The van der Waals surface area contributed by atoms with Crippen LogP contribution < -0.4 is 9.47 Å². The molecule has 2 aromatic rings. The van der Waals surface area contributed by atoms with Gasteiger partial charge in [-0.1, -0.05) is 36.4 Å². The van der Waals surface area contributed by atoms with Crippen LogP contribution in [0, 0.1) is 0 Å². The van der Waals surface area contributed by atoms with Crippen molar-refractivity contribution in [2.24, 2.45) is 0 Å². The van der Waals surface area contributed by atoms with Gasteiger partial charge in [-0.3, -0.25) is 0 Å². The first-order valence-corrected chi connectivity index (χ1v) is 7.41. The Morgan fingerprint density at radius 3 is 2.62 bits per heavy atom. The molecule has 0 radical (unpaired) electrons. The van der Waals surface area contributed by atoms with E-state index in [1.165, 1.54) is 23.1 Å². The number of methoxy groups -OCH3 is 1. The maximum Gasteiger partial charge on any atom is 0.127 e. The molecule has 3 rings (SSSR count).